The van der Waals surface area contributed by atoms with Crippen molar-refractivity contribution in [3.05, 3.63) is 35.4 Å². The van der Waals surface area contributed by atoms with Crippen molar-refractivity contribution >= 4 is 21.8 Å². The topological polar surface area (TPSA) is 38.3 Å². The maximum Gasteiger partial charge on any atom is 0.224 e. The van der Waals surface area contributed by atoms with Gasteiger partial charge in [-0.2, -0.15) is 0 Å². The van der Waals surface area contributed by atoms with E-state index in [1.54, 1.807) is 0 Å². The Morgan fingerprint density at radius 3 is 3.05 bits per heavy atom. The largest absolute Gasteiger partial charge is 0.379 e. The second-order valence-corrected chi connectivity index (χ2v) is 6.34. The van der Waals surface area contributed by atoms with Gasteiger partial charge in [0.05, 0.1) is 13.2 Å². The predicted molar refractivity (Wildman–Crippen MR) is 82.1 cm³/mol. The standard InChI is InChI=1S/C16H20BrNO2/c17-7-9-20-10-8-18-16(19)15-13-6-5-11-3-1-2-4-12(11)14(13)15/h1-4,13-15H,5-10H2,(H,18,19). The van der Waals surface area contributed by atoms with Crippen LogP contribution in [0.25, 0.3) is 0 Å². The molecule has 3 unspecified atom stereocenters. The molecule has 0 aliphatic heterocycles. The molecule has 20 heavy (non-hydrogen) atoms. The van der Waals surface area contributed by atoms with Crippen molar-refractivity contribution in [2.24, 2.45) is 11.8 Å². The molecular formula is C16H20BrNO2. The zero-order valence-electron chi connectivity index (χ0n) is 11.5. The zero-order valence-corrected chi connectivity index (χ0v) is 13.1. The Hall–Kier alpha value is -0.870. The van der Waals surface area contributed by atoms with Gasteiger partial charge in [-0.05, 0) is 35.8 Å². The third-order valence-electron chi connectivity index (χ3n) is 4.40. The molecule has 1 aromatic carbocycles. The summed E-state index contributed by atoms with van der Waals surface area (Å²) in [7, 11) is 0. The molecule has 4 heteroatoms. The monoisotopic (exact) mass is 337 g/mol. The van der Waals surface area contributed by atoms with Crippen LogP contribution >= 0.6 is 15.9 Å². The highest BCUT2D eigenvalue weighted by atomic mass is 79.9. The lowest BCUT2D eigenvalue weighted by Crippen LogP contribution is -2.29. The molecule has 0 spiro atoms. The Labute approximate surface area is 128 Å². The van der Waals surface area contributed by atoms with E-state index >= 15 is 0 Å². The van der Waals surface area contributed by atoms with Gasteiger partial charge in [-0.15, -0.1) is 0 Å². The number of amides is 1. The van der Waals surface area contributed by atoms with Crippen LogP contribution in [0, 0.1) is 11.8 Å². The summed E-state index contributed by atoms with van der Waals surface area (Å²) in [5.41, 5.74) is 2.84. The van der Waals surface area contributed by atoms with E-state index in [4.69, 9.17) is 4.74 Å². The first-order valence-corrected chi connectivity index (χ1v) is 8.44. The summed E-state index contributed by atoms with van der Waals surface area (Å²) >= 11 is 3.31. The molecule has 1 saturated carbocycles. The quantitative estimate of drug-likeness (QED) is 0.639. The van der Waals surface area contributed by atoms with Gasteiger partial charge in [0.15, 0.2) is 0 Å². The van der Waals surface area contributed by atoms with Crippen molar-refractivity contribution < 1.29 is 9.53 Å². The van der Waals surface area contributed by atoms with Gasteiger partial charge in [0.2, 0.25) is 5.91 Å². The number of rotatable bonds is 6. The van der Waals surface area contributed by atoms with E-state index in [2.05, 4.69) is 45.5 Å². The minimum Gasteiger partial charge on any atom is -0.379 e. The lowest BCUT2D eigenvalue weighted by atomic mass is 9.92. The van der Waals surface area contributed by atoms with Crippen LogP contribution in [0.2, 0.25) is 0 Å². The van der Waals surface area contributed by atoms with Crippen LogP contribution in [-0.2, 0) is 16.0 Å². The first-order valence-electron chi connectivity index (χ1n) is 7.32. The molecule has 1 aromatic rings. The number of ether oxygens (including phenoxy) is 1. The number of benzene rings is 1. The Morgan fingerprint density at radius 1 is 1.35 bits per heavy atom. The zero-order chi connectivity index (χ0) is 13.9. The van der Waals surface area contributed by atoms with E-state index in [-0.39, 0.29) is 11.8 Å². The summed E-state index contributed by atoms with van der Waals surface area (Å²) < 4.78 is 5.35. The molecule has 1 fully saturated rings. The van der Waals surface area contributed by atoms with Gasteiger partial charge in [-0.1, -0.05) is 40.2 Å². The molecule has 1 amide bonds. The average molecular weight is 338 g/mol. The highest BCUT2D eigenvalue weighted by Crippen LogP contribution is 2.59. The van der Waals surface area contributed by atoms with Gasteiger partial charge in [0.25, 0.3) is 0 Å². The summed E-state index contributed by atoms with van der Waals surface area (Å²) in [6.07, 6.45) is 2.27. The second kappa shape index (κ2) is 6.27. The van der Waals surface area contributed by atoms with Crippen LogP contribution in [0.3, 0.4) is 0 Å². The van der Waals surface area contributed by atoms with E-state index in [0.717, 1.165) is 18.2 Å². The molecule has 0 radical (unpaired) electrons. The normalized spacial score (nSPS) is 26.6. The number of carbonyl (C=O) groups excluding carboxylic acids is 1. The smallest absolute Gasteiger partial charge is 0.224 e. The van der Waals surface area contributed by atoms with Gasteiger partial charge in [0.1, 0.15) is 0 Å². The Kier molecular flexibility index (Phi) is 4.41. The van der Waals surface area contributed by atoms with E-state index in [1.807, 2.05) is 0 Å². The lowest BCUT2D eigenvalue weighted by Gasteiger charge is -2.13. The molecular weight excluding hydrogens is 318 g/mol. The molecule has 1 N–H and O–H groups in total. The minimum absolute atomic E-state index is 0.190. The van der Waals surface area contributed by atoms with E-state index in [0.29, 0.717) is 31.6 Å². The molecule has 0 aromatic heterocycles. The van der Waals surface area contributed by atoms with Gasteiger partial charge < -0.3 is 10.1 Å². The number of carbonyl (C=O) groups is 1. The fourth-order valence-electron chi connectivity index (χ4n) is 3.44. The molecule has 0 saturated heterocycles. The summed E-state index contributed by atoms with van der Waals surface area (Å²) in [5, 5.41) is 3.85. The molecule has 2 aliphatic carbocycles. The number of fused-ring (bicyclic) bond motifs is 3. The predicted octanol–water partition coefficient (Wildman–Crippen LogP) is 2.49. The molecule has 3 nitrogen and oxygen atoms in total. The van der Waals surface area contributed by atoms with Crippen LogP contribution in [0.4, 0.5) is 0 Å². The van der Waals surface area contributed by atoms with Crippen molar-refractivity contribution in [1.82, 2.24) is 5.32 Å². The Morgan fingerprint density at radius 2 is 2.20 bits per heavy atom. The number of nitrogens with one attached hydrogen (secondary N) is 1. The van der Waals surface area contributed by atoms with Gasteiger partial charge in [-0.3, -0.25) is 4.79 Å². The number of halogens is 1. The van der Waals surface area contributed by atoms with E-state index < -0.39 is 0 Å². The average Bonchev–Trinajstić information content (AvgIpc) is 3.22. The van der Waals surface area contributed by atoms with Crippen LogP contribution in [0.1, 0.15) is 23.5 Å². The van der Waals surface area contributed by atoms with Crippen LogP contribution in [0.15, 0.2) is 24.3 Å². The molecule has 108 valence electrons. The summed E-state index contributed by atoms with van der Waals surface area (Å²) in [4.78, 5) is 12.2. The molecule has 3 atom stereocenters. The minimum atomic E-state index is 0.190. The highest BCUT2D eigenvalue weighted by molar-refractivity contribution is 9.09. The number of hydrogen-bond acceptors (Lipinski definition) is 2. The number of aryl methyl sites for hydroxylation is 1. The summed E-state index contributed by atoms with van der Waals surface area (Å²) in [6, 6.07) is 8.58. The molecule has 0 heterocycles. The Bertz CT molecular complexity index is 491. The molecule has 3 rings (SSSR count). The maximum atomic E-state index is 12.2. The second-order valence-electron chi connectivity index (χ2n) is 5.55. The van der Waals surface area contributed by atoms with E-state index in [9.17, 15) is 4.79 Å². The first kappa shape index (κ1) is 14.1. The number of alkyl halides is 1. The van der Waals surface area contributed by atoms with Crippen molar-refractivity contribution in [3.8, 4) is 0 Å². The van der Waals surface area contributed by atoms with Crippen molar-refractivity contribution in [3.63, 3.8) is 0 Å². The van der Waals surface area contributed by atoms with Crippen LogP contribution in [0.5, 0.6) is 0 Å². The Balaban J connectivity index is 1.52. The third-order valence-corrected chi connectivity index (χ3v) is 4.72. The van der Waals surface area contributed by atoms with Crippen molar-refractivity contribution in [2.45, 2.75) is 18.8 Å². The van der Waals surface area contributed by atoms with Crippen LogP contribution in [-0.4, -0.2) is 31.0 Å². The molecule has 2 aliphatic rings. The molecule has 0 bridgehead atoms. The van der Waals surface area contributed by atoms with Crippen LogP contribution < -0.4 is 5.32 Å². The fraction of sp³-hybridized carbons (Fsp3) is 0.562. The fourth-order valence-corrected chi connectivity index (χ4v) is 3.67. The first-order chi connectivity index (χ1) is 9.83. The lowest BCUT2D eigenvalue weighted by molar-refractivity contribution is -0.122. The van der Waals surface area contributed by atoms with Crippen molar-refractivity contribution in [2.75, 3.05) is 25.1 Å². The highest BCUT2D eigenvalue weighted by Gasteiger charge is 2.56. The summed E-state index contributed by atoms with van der Waals surface area (Å²) in [5.74, 6) is 1.42. The van der Waals surface area contributed by atoms with Gasteiger partial charge >= 0.3 is 0 Å². The summed E-state index contributed by atoms with van der Waals surface area (Å²) in [6.45, 7) is 1.90. The SMILES string of the molecule is O=C(NCCOCCBr)C1C2CCc3ccccc3C21. The van der Waals surface area contributed by atoms with Crippen molar-refractivity contribution in [1.29, 1.82) is 0 Å². The van der Waals surface area contributed by atoms with E-state index in [1.165, 1.54) is 11.1 Å². The van der Waals surface area contributed by atoms with Gasteiger partial charge in [0, 0.05) is 17.8 Å². The third kappa shape index (κ3) is 2.77. The number of hydrogen-bond donors (Lipinski definition) is 1. The van der Waals surface area contributed by atoms with Gasteiger partial charge in [-0.25, -0.2) is 0 Å². The maximum absolute atomic E-state index is 12.2.